The molecule has 0 radical (unpaired) electrons. The fourth-order valence-corrected chi connectivity index (χ4v) is 1.06. The number of ether oxygens (including phenoxy) is 1. The van der Waals surface area contributed by atoms with E-state index >= 15 is 0 Å². The van der Waals surface area contributed by atoms with Crippen molar-refractivity contribution < 1.29 is 9.13 Å². The summed E-state index contributed by atoms with van der Waals surface area (Å²) in [5.74, 6) is -0.186. The second-order valence-corrected chi connectivity index (χ2v) is 4.50. The Balaban J connectivity index is 2.68. The molecule has 78 valence electrons. The van der Waals surface area contributed by atoms with Crippen LogP contribution in [0.4, 0.5) is 4.39 Å². The predicted octanol–water partition coefficient (Wildman–Crippen LogP) is 3.45. The number of hydrogen-bond donors (Lipinski definition) is 0. The van der Waals surface area contributed by atoms with Crippen LogP contribution >= 0.6 is 0 Å². The molecule has 0 heterocycles. The minimum atomic E-state index is -0.225. The van der Waals surface area contributed by atoms with Gasteiger partial charge in [0.05, 0.1) is 12.2 Å². The summed E-state index contributed by atoms with van der Waals surface area (Å²) in [5.41, 5.74) is 1.32. The quantitative estimate of drug-likeness (QED) is 0.704. The summed E-state index contributed by atoms with van der Waals surface area (Å²) in [4.78, 5) is 0. The summed E-state index contributed by atoms with van der Waals surface area (Å²) in [6.45, 7) is 8.07. The Kier molecular flexibility index (Phi) is 3.27. The van der Waals surface area contributed by atoms with E-state index in [1.165, 1.54) is 6.07 Å². The highest BCUT2D eigenvalue weighted by Crippen LogP contribution is 2.15. The van der Waals surface area contributed by atoms with Crippen LogP contribution in [0.3, 0.4) is 0 Å². The number of benzene rings is 1. The fourth-order valence-electron chi connectivity index (χ4n) is 1.06. The number of rotatable bonds is 2. The average molecular weight is 196 g/mol. The zero-order chi connectivity index (χ0) is 10.8. The molecule has 0 bridgehead atoms. The van der Waals surface area contributed by atoms with Crippen LogP contribution in [0.25, 0.3) is 0 Å². The van der Waals surface area contributed by atoms with E-state index in [9.17, 15) is 4.39 Å². The van der Waals surface area contributed by atoms with Crippen molar-refractivity contribution in [3.63, 3.8) is 0 Å². The van der Waals surface area contributed by atoms with Crippen LogP contribution < -0.4 is 0 Å². The number of hydrogen-bond acceptors (Lipinski definition) is 1. The Labute approximate surface area is 84.9 Å². The summed E-state index contributed by atoms with van der Waals surface area (Å²) in [5, 5.41) is 0. The molecule has 0 spiro atoms. The zero-order valence-electron chi connectivity index (χ0n) is 9.23. The third kappa shape index (κ3) is 3.46. The summed E-state index contributed by atoms with van der Waals surface area (Å²) < 4.78 is 18.8. The first-order valence-corrected chi connectivity index (χ1v) is 4.77. The Bertz CT molecular complexity index is 313. The summed E-state index contributed by atoms with van der Waals surface area (Å²) in [7, 11) is 0. The highest BCUT2D eigenvalue weighted by molar-refractivity contribution is 5.22. The van der Waals surface area contributed by atoms with Gasteiger partial charge in [0.1, 0.15) is 5.82 Å². The van der Waals surface area contributed by atoms with E-state index in [0.717, 1.165) is 5.56 Å². The van der Waals surface area contributed by atoms with Crippen molar-refractivity contribution >= 4 is 0 Å². The molecular weight excluding hydrogens is 179 g/mol. The first-order chi connectivity index (χ1) is 6.38. The number of halogens is 1. The van der Waals surface area contributed by atoms with Crippen LogP contribution in [-0.2, 0) is 11.3 Å². The lowest BCUT2D eigenvalue weighted by atomic mass is 10.1. The van der Waals surface area contributed by atoms with Gasteiger partial charge in [0.15, 0.2) is 0 Å². The van der Waals surface area contributed by atoms with Crippen molar-refractivity contribution in [1.29, 1.82) is 0 Å². The van der Waals surface area contributed by atoms with Crippen molar-refractivity contribution in [1.82, 2.24) is 0 Å². The Morgan fingerprint density at radius 2 is 1.93 bits per heavy atom. The van der Waals surface area contributed by atoms with Crippen LogP contribution in [0.5, 0.6) is 0 Å². The van der Waals surface area contributed by atoms with Gasteiger partial charge in [-0.25, -0.2) is 4.39 Å². The van der Waals surface area contributed by atoms with Gasteiger partial charge in [-0.3, -0.25) is 0 Å². The third-order valence-corrected chi connectivity index (χ3v) is 1.87. The third-order valence-electron chi connectivity index (χ3n) is 1.87. The maximum Gasteiger partial charge on any atom is 0.128 e. The summed E-state index contributed by atoms with van der Waals surface area (Å²) in [6.07, 6.45) is 0. The molecule has 14 heavy (non-hydrogen) atoms. The van der Waals surface area contributed by atoms with Gasteiger partial charge in [-0.15, -0.1) is 0 Å². The smallest absolute Gasteiger partial charge is 0.128 e. The van der Waals surface area contributed by atoms with Gasteiger partial charge in [0.25, 0.3) is 0 Å². The molecule has 1 aromatic rings. The second-order valence-electron chi connectivity index (χ2n) is 4.50. The zero-order valence-corrected chi connectivity index (χ0v) is 9.23. The van der Waals surface area contributed by atoms with E-state index in [1.54, 1.807) is 6.07 Å². The largest absolute Gasteiger partial charge is 0.371 e. The first kappa shape index (κ1) is 11.2. The van der Waals surface area contributed by atoms with E-state index in [2.05, 4.69) is 0 Å². The lowest BCUT2D eigenvalue weighted by Gasteiger charge is -2.19. The standard InChI is InChI=1S/C12H17FO/c1-9-5-6-10(11(13)7-9)8-14-12(2,3)4/h5-7H,8H2,1-4H3. The molecule has 0 aliphatic heterocycles. The van der Waals surface area contributed by atoms with Gasteiger partial charge < -0.3 is 4.74 Å². The fraction of sp³-hybridized carbons (Fsp3) is 0.500. The van der Waals surface area contributed by atoms with Gasteiger partial charge in [-0.05, 0) is 39.3 Å². The monoisotopic (exact) mass is 196 g/mol. The van der Waals surface area contributed by atoms with E-state index < -0.39 is 0 Å². The Morgan fingerprint density at radius 1 is 1.29 bits per heavy atom. The SMILES string of the molecule is Cc1ccc(COC(C)(C)C)c(F)c1. The van der Waals surface area contributed by atoms with Gasteiger partial charge in [-0.2, -0.15) is 0 Å². The van der Waals surface area contributed by atoms with Crippen LogP contribution in [0.15, 0.2) is 18.2 Å². The molecule has 0 N–H and O–H groups in total. The van der Waals surface area contributed by atoms with Crippen molar-refractivity contribution in [3.05, 3.63) is 35.1 Å². The van der Waals surface area contributed by atoms with Gasteiger partial charge in [-0.1, -0.05) is 12.1 Å². The maximum atomic E-state index is 13.3. The van der Waals surface area contributed by atoms with Crippen molar-refractivity contribution in [2.24, 2.45) is 0 Å². The number of aryl methyl sites for hydroxylation is 1. The lowest BCUT2D eigenvalue weighted by Crippen LogP contribution is -2.19. The molecule has 1 rings (SSSR count). The molecule has 0 saturated carbocycles. The summed E-state index contributed by atoms with van der Waals surface area (Å²) in [6, 6.07) is 5.20. The molecule has 0 fully saturated rings. The summed E-state index contributed by atoms with van der Waals surface area (Å²) >= 11 is 0. The molecule has 0 saturated heterocycles. The molecule has 0 aliphatic rings. The second kappa shape index (κ2) is 4.09. The molecular formula is C12H17FO. The molecule has 1 nitrogen and oxygen atoms in total. The van der Waals surface area contributed by atoms with Gasteiger partial charge in [0, 0.05) is 5.56 Å². The molecule has 2 heteroatoms. The predicted molar refractivity (Wildman–Crippen MR) is 55.7 cm³/mol. The van der Waals surface area contributed by atoms with Gasteiger partial charge >= 0.3 is 0 Å². The minimum absolute atomic E-state index is 0.186. The van der Waals surface area contributed by atoms with Crippen molar-refractivity contribution in [2.75, 3.05) is 0 Å². The average Bonchev–Trinajstić information content (AvgIpc) is 2.00. The molecule has 1 aromatic carbocycles. The Morgan fingerprint density at radius 3 is 2.43 bits per heavy atom. The normalized spacial score (nSPS) is 11.8. The topological polar surface area (TPSA) is 9.23 Å². The molecule has 0 aliphatic carbocycles. The van der Waals surface area contributed by atoms with Crippen LogP contribution in [0, 0.1) is 12.7 Å². The van der Waals surface area contributed by atoms with Crippen molar-refractivity contribution in [2.45, 2.75) is 39.9 Å². The van der Waals surface area contributed by atoms with E-state index in [-0.39, 0.29) is 11.4 Å². The van der Waals surface area contributed by atoms with Crippen molar-refractivity contribution in [3.8, 4) is 0 Å². The molecule has 0 atom stereocenters. The van der Waals surface area contributed by atoms with Crippen LogP contribution in [-0.4, -0.2) is 5.60 Å². The Hall–Kier alpha value is -0.890. The van der Waals surface area contributed by atoms with E-state index in [4.69, 9.17) is 4.74 Å². The molecule has 0 unspecified atom stereocenters. The van der Waals surface area contributed by atoms with E-state index in [0.29, 0.717) is 12.2 Å². The molecule has 0 aromatic heterocycles. The van der Waals surface area contributed by atoms with Gasteiger partial charge in [0.2, 0.25) is 0 Å². The minimum Gasteiger partial charge on any atom is -0.371 e. The maximum absolute atomic E-state index is 13.3. The van der Waals surface area contributed by atoms with Crippen LogP contribution in [0.2, 0.25) is 0 Å². The van der Waals surface area contributed by atoms with E-state index in [1.807, 2.05) is 33.8 Å². The highest BCUT2D eigenvalue weighted by atomic mass is 19.1. The molecule has 0 amide bonds. The highest BCUT2D eigenvalue weighted by Gasteiger charge is 2.11. The first-order valence-electron chi connectivity index (χ1n) is 4.77. The van der Waals surface area contributed by atoms with Crippen LogP contribution in [0.1, 0.15) is 31.9 Å². The lowest BCUT2D eigenvalue weighted by molar-refractivity contribution is -0.0161.